The molecule has 2 aliphatic rings. The van der Waals surface area contributed by atoms with Crippen molar-refractivity contribution < 1.29 is 9.84 Å². The van der Waals surface area contributed by atoms with Gasteiger partial charge in [0, 0.05) is 19.7 Å². The third-order valence-corrected chi connectivity index (χ3v) is 4.18. The fourth-order valence-electron chi connectivity index (χ4n) is 2.95. The van der Waals surface area contributed by atoms with E-state index in [1.807, 2.05) is 0 Å². The Balaban J connectivity index is 0.00000220. The lowest BCUT2D eigenvalue weighted by Crippen LogP contribution is -2.43. The van der Waals surface area contributed by atoms with Crippen LogP contribution in [0.25, 0.3) is 0 Å². The molecule has 0 bridgehead atoms. The molecule has 0 spiro atoms. The zero-order chi connectivity index (χ0) is 14.3. The van der Waals surface area contributed by atoms with Crippen molar-refractivity contribution in [1.82, 2.24) is 10.6 Å². The van der Waals surface area contributed by atoms with Crippen molar-refractivity contribution in [3.63, 3.8) is 0 Å². The van der Waals surface area contributed by atoms with Crippen LogP contribution >= 0.6 is 24.0 Å². The minimum atomic E-state index is -0.593. The normalized spacial score (nSPS) is 25.2. The maximum absolute atomic E-state index is 10.5. The lowest BCUT2D eigenvalue weighted by molar-refractivity contribution is 0.0131. The lowest BCUT2D eigenvalue weighted by atomic mass is 9.85. The van der Waals surface area contributed by atoms with Gasteiger partial charge in [0.2, 0.25) is 0 Å². The number of aliphatic hydroxyl groups is 1. The quantitative estimate of drug-likeness (QED) is 0.368. The number of ether oxygens (including phenoxy) is 1. The second-order valence-electron chi connectivity index (χ2n) is 6.00. The molecule has 0 amide bonds. The van der Waals surface area contributed by atoms with E-state index in [1.165, 1.54) is 6.42 Å². The predicted molar refractivity (Wildman–Crippen MR) is 96.4 cm³/mol. The predicted octanol–water partition coefficient (Wildman–Crippen LogP) is 2.03. The summed E-state index contributed by atoms with van der Waals surface area (Å²) in [4.78, 5) is 4.56. The minimum Gasteiger partial charge on any atom is -0.388 e. The molecule has 21 heavy (non-hydrogen) atoms. The molecule has 1 aliphatic carbocycles. The highest BCUT2D eigenvalue weighted by atomic mass is 127. The summed E-state index contributed by atoms with van der Waals surface area (Å²) in [5, 5.41) is 17.0. The number of nitrogens with zero attached hydrogens (tertiary/aromatic N) is 1. The van der Waals surface area contributed by atoms with Crippen molar-refractivity contribution in [3.05, 3.63) is 0 Å². The fourth-order valence-corrected chi connectivity index (χ4v) is 2.95. The first-order valence-corrected chi connectivity index (χ1v) is 8.08. The first-order valence-electron chi connectivity index (χ1n) is 8.08. The van der Waals surface area contributed by atoms with Gasteiger partial charge < -0.3 is 20.5 Å². The molecule has 0 aromatic heterocycles. The molecular weight excluding hydrogens is 381 g/mol. The molecule has 2 fully saturated rings. The average molecular weight is 411 g/mol. The van der Waals surface area contributed by atoms with Crippen LogP contribution in [-0.4, -0.2) is 49.0 Å². The number of guanidine groups is 1. The number of hydrogen-bond donors (Lipinski definition) is 3. The van der Waals surface area contributed by atoms with Gasteiger partial charge in [0.15, 0.2) is 5.96 Å². The summed E-state index contributed by atoms with van der Waals surface area (Å²) >= 11 is 0. The number of nitrogens with one attached hydrogen (secondary N) is 2. The molecule has 1 aliphatic heterocycles. The Bertz CT molecular complexity index is 314. The highest BCUT2D eigenvalue weighted by Gasteiger charge is 2.28. The summed E-state index contributed by atoms with van der Waals surface area (Å²) < 4.78 is 5.60. The van der Waals surface area contributed by atoms with Gasteiger partial charge in [-0.05, 0) is 32.6 Å². The molecule has 2 rings (SSSR count). The molecule has 0 aromatic carbocycles. The van der Waals surface area contributed by atoms with Crippen LogP contribution in [0.1, 0.15) is 51.9 Å². The van der Waals surface area contributed by atoms with Gasteiger partial charge in [-0.15, -0.1) is 24.0 Å². The van der Waals surface area contributed by atoms with Gasteiger partial charge in [0.05, 0.1) is 18.2 Å². The Morgan fingerprint density at radius 1 is 1.24 bits per heavy atom. The van der Waals surface area contributed by atoms with Crippen LogP contribution in [0, 0.1) is 0 Å². The summed E-state index contributed by atoms with van der Waals surface area (Å²) in [5.41, 5.74) is -0.593. The highest BCUT2D eigenvalue weighted by Crippen LogP contribution is 2.28. The summed E-state index contributed by atoms with van der Waals surface area (Å²) in [5.74, 6) is 0.794. The topological polar surface area (TPSA) is 65.9 Å². The first-order chi connectivity index (χ1) is 9.72. The molecule has 3 N–H and O–H groups in total. The van der Waals surface area contributed by atoms with Gasteiger partial charge in [0.25, 0.3) is 0 Å². The van der Waals surface area contributed by atoms with Gasteiger partial charge in [-0.25, -0.2) is 0 Å². The Labute approximate surface area is 145 Å². The molecule has 1 saturated heterocycles. The van der Waals surface area contributed by atoms with E-state index in [2.05, 4.69) is 22.5 Å². The van der Waals surface area contributed by atoms with E-state index in [9.17, 15) is 5.11 Å². The van der Waals surface area contributed by atoms with Crippen molar-refractivity contribution in [2.75, 3.05) is 26.2 Å². The van der Waals surface area contributed by atoms with Crippen molar-refractivity contribution in [3.8, 4) is 0 Å². The number of halogens is 1. The van der Waals surface area contributed by atoms with Crippen LogP contribution in [-0.2, 0) is 4.74 Å². The van der Waals surface area contributed by atoms with Crippen LogP contribution in [0.2, 0.25) is 0 Å². The van der Waals surface area contributed by atoms with Crippen LogP contribution < -0.4 is 10.6 Å². The number of hydrogen-bond acceptors (Lipinski definition) is 3. The molecule has 1 heterocycles. The van der Waals surface area contributed by atoms with Crippen molar-refractivity contribution in [1.29, 1.82) is 0 Å². The largest absolute Gasteiger partial charge is 0.388 e. The monoisotopic (exact) mass is 411 g/mol. The Morgan fingerprint density at radius 2 is 2.00 bits per heavy atom. The van der Waals surface area contributed by atoms with Gasteiger partial charge in [0.1, 0.15) is 0 Å². The standard InChI is InChI=1S/C15H29N3O2.HI/c1-2-16-14(17-11-13-7-6-10-20-13)18-12-15(19)8-4-3-5-9-15;/h13,19H,2-12H2,1H3,(H2,16,17,18);1H. The second kappa shape index (κ2) is 9.84. The number of aliphatic imine (C=N–C) groups is 1. The van der Waals surface area contributed by atoms with E-state index in [0.29, 0.717) is 12.6 Å². The van der Waals surface area contributed by atoms with E-state index in [-0.39, 0.29) is 24.0 Å². The molecule has 0 radical (unpaired) electrons. The van der Waals surface area contributed by atoms with Crippen molar-refractivity contribution in [2.45, 2.75) is 63.6 Å². The van der Waals surface area contributed by atoms with Gasteiger partial charge in [-0.3, -0.25) is 4.99 Å². The van der Waals surface area contributed by atoms with Crippen molar-refractivity contribution >= 4 is 29.9 Å². The van der Waals surface area contributed by atoms with Crippen molar-refractivity contribution in [2.24, 2.45) is 4.99 Å². The Hall–Kier alpha value is -0.0800. The molecule has 1 unspecified atom stereocenters. The molecule has 1 atom stereocenters. The van der Waals surface area contributed by atoms with E-state index in [1.54, 1.807) is 0 Å². The summed E-state index contributed by atoms with van der Waals surface area (Å²) in [6.07, 6.45) is 7.80. The molecular formula is C15H30IN3O2. The zero-order valence-electron chi connectivity index (χ0n) is 13.1. The maximum atomic E-state index is 10.5. The SMILES string of the molecule is CCNC(=NCC1(O)CCCCC1)NCC1CCCO1.I. The van der Waals surface area contributed by atoms with Gasteiger partial charge >= 0.3 is 0 Å². The third kappa shape index (κ3) is 6.69. The van der Waals surface area contributed by atoms with Gasteiger partial charge in [-0.1, -0.05) is 19.3 Å². The maximum Gasteiger partial charge on any atom is 0.191 e. The van der Waals surface area contributed by atoms with E-state index >= 15 is 0 Å². The first kappa shape index (κ1) is 19.0. The van der Waals surface area contributed by atoms with Crippen LogP contribution in [0.4, 0.5) is 0 Å². The van der Waals surface area contributed by atoms with Crippen LogP contribution in [0.3, 0.4) is 0 Å². The minimum absolute atomic E-state index is 0. The molecule has 124 valence electrons. The Morgan fingerprint density at radius 3 is 2.62 bits per heavy atom. The number of rotatable bonds is 5. The summed E-state index contributed by atoms with van der Waals surface area (Å²) in [7, 11) is 0. The molecule has 1 saturated carbocycles. The zero-order valence-corrected chi connectivity index (χ0v) is 15.4. The molecule has 5 nitrogen and oxygen atoms in total. The molecule has 6 heteroatoms. The average Bonchev–Trinajstić information content (AvgIpc) is 2.96. The van der Waals surface area contributed by atoms with Crippen LogP contribution in [0.5, 0.6) is 0 Å². The van der Waals surface area contributed by atoms with E-state index in [0.717, 1.165) is 64.2 Å². The smallest absolute Gasteiger partial charge is 0.191 e. The van der Waals surface area contributed by atoms with Gasteiger partial charge in [-0.2, -0.15) is 0 Å². The van der Waals surface area contributed by atoms with E-state index < -0.39 is 5.60 Å². The third-order valence-electron chi connectivity index (χ3n) is 4.18. The van der Waals surface area contributed by atoms with E-state index in [4.69, 9.17) is 4.74 Å². The van der Waals surface area contributed by atoms with Crippen LogP contribution in [0.15, 0.2) is 4.99 Å². The highest BCUT2D eigenvalue weighted by molar-refractivity contribution is 14.0. The fraction of sp³-hybridized carbons (Fsp3) is 0.933. The summed E-state index contributed by atoms with van der Waals surface area (Å²) in [6.45, 7) is 5.05. The Kier molecular flexibility index (Phi) is 8.89. The molecule has 0 aromatic rings. The lowest BCUT2D eigenvalue weighted by Gasteiger charge is -2.30. The summed E-state index contributed by atoms with van der Waals surface area (Å²) in [6, 6.07) is 0. The second-order valence-corrected chi connectivity index (χ2v) is 6.00.